The fraction of sp³-hybridized carbons (Fsp3) is 0.324. The lowest BCUT2D eigenvalue weighted by atomic mass is 9.94. The molecule has 8 aromatic rings. The first kappa shape index (κ1) is 60.8. The van der Waals surface area contributed by atoms with Crippen molar-refractivity contribution in [2.24, 2.45) is 21.8 Å². The highest BCUT2D eigenvalue weighted by Gasteiger charge is 2.32. The zero-order chi connectivity index (χ0) is 61.8. The molecule has 18 heteroatoms. The quantitative estimate of drug-likeness (QED) is 0.0604. The number of hydrogen-bond acceptors (Lipinski definition) is 14. The standard InChI is InChI=1S/C36H38N6O3.C35H36N6O3/c1-23(42(2)36(44)30(18-33(43)45-3)24-9-5-4-6-10-24)34-40-22-32(41-34)26-13-15-27(16-14-26)35-38-20-29(21-39-35)28-17-31(37-19-28)25-11-7-8-12-25;1-22(40-35(43)29(17-32(42)44-2)23-8-4-3-5-9-23)33-39-21-31(41-33)25-12-14-26(15-13-25)34-37-19-28(20-38-34)27-16-30(36-18-27)24-10-6-7-11-24/h4-6,9-10,13-16,19-23,25,30H,7-8,11-12,17-18H2,1-3H3,(H,40,41);3-5,8-9,12-15,18-22,24,29H,6-7,10-11,16-17H2,1-2H3,(H,39,41)(H,40,43)/t23-,30+;22-,29+/m00/s1. The molecule has 0 saturated heterocycles. The van der Waals surface area contributed by atoms with E-state index in [9.17, 15) is 19.2 Å². The Labute approximate surface area is 518 Å². The Morgan fingerprint density at radius 2 is 0.921 bits per heavy atom. The topological polar surface area (TPSA) is 236 Å². The fourth-order valence-electron chi connectivity index (χ4n) is 12.1. The number of nitrogens with zero attached hydrogens (tertiary/aromatic N) is 9. The zero-order valence-electron chi connectivity index (χ0n) is 50.9. The van der Waals surface area contributed by atoms with Gasteiger partial charge in [0, 0.05) is 90.8 Å². The number of likely N-dealkylation sites (N-methyl/N-ethyl adjacent to an activating group) is 1. The van der Waals surface area contributed by atoms with Crippen LogP contribution >= 0.6 is 0 Å². The van der Waals surface area contributed by atoms with E-state index >= 15 is 0 Å². The van der Waals surface area contributed by atoms with E-state index in [4.69, 9.17) is 19.5 Å². The summed E-state index contributed by atoms with van der Waals surface area (Å²) in [5, 5.41) is 2.99. The molecule has 2 amide bonds. The number of aromatic amines is 2. The Morgan fingerprint density at radius 3 is 1.37 bits per heavy atom. The SMILES string of the molecule is COC(=O)C[C@@H](C(=O)N(C)[C@@H](C)c1ncc(-c2ccc(-c3ncc(C4=CN=C(C5CCCC5)C4)cn3)cc2)[nH]1)c1ccccc1.COC(=O)C[C@@H](C(=O)N[C@@H](C)c1ncc(-c2ccc(-c3ncc(C4=CN=C(C5CCCC5)C4)cn3)cc2)[nH]1)c1ccccc1. The summed E-state index contributed by atoms with van der Waals surface area (Å²) < 4.78 is 9.69. The molecular formula is C71H74N12O6. The van der Waals surface area contributed by atoms with Crippen molar-refractivity contribution in [2.75, 3.05) is 21.3 Å². The highest BCUT2D eigenvalue weighted by atomic mass is 16.5. The van der Waals surface area contributed by atoms with Gasteiger partial charge in [-0.15, -0.1) is 0 Å². The summed E-state index contributed by atoms with van der Waals surface area (Å²) in [6.07, 6.45) is 27.0. The molecule has 2 aliphatic carbocycles. The average Bonchev–Trinajstić information content (AvgIpc) is 2.49. The number of ether oxygens (including phenoxy) is 2. The van der Waals surface area contributed by atoms with Gasteiger partial charge in [-0.1, -0.05) is 135 Å². The van der Waals surface area contributed by atoms with Crippen molar-refractivity contribution < 1.29 is 28.7 Å². The first-order valence-corrected chi connectivity index (χ1v) is 30.7. The van der Waals surface area contributed by atoms with Gasteiger partial charge in [0.1, 0.15) is 11.6 Å². The highest BCUT2D eigenvalue weighted by molar-refractivity contribution is 6.00. The van der Waals surface area contributed by atoms with Gasteiger partial charge < -0.3 is 29.7 Å². The Hall–Kier alpha value is -9.84. The van der Waals surface area contributed by atoms with Crippen molar-refractivity contribution in [1.29, 1.82) is 0 Å². The number of carbonyl (C=O) groups excluding carboxylic acids is 4. The Kier molecular flexibility index (Phi) is 19.4. The van der Waals surface area contributed by atoms with Gasteiger partial charge in [0.2, 0.25) is 11.8 Å². The third-order valence-corrected chi connectivity index (χ3v) is 17.6. The van der Waals surface area contributed by atoms with Gasteiger partial charge in [-0.25, -0.2) is 29.9 Å². The number of aliphatic imine (C=N–C) groups is 2. The maximum atomic E-state index is 13.6. The molecule has 0 spiro atoms. The van der Waals surface area contributed by atoms with Crippen LogP contribution in [0.4, 0.5) is 0 Å². The van der Waals surface area contributed by atoms with Crippen LogP contribution in [-0.4, -0.2) is 101 Å². The summed E-state index contributed by atoms with van der Waals surface area (Å²) in [4.78, 5) is 96.4. The summed E-state index contributed by atoms with van der Waals surface area (Å²) in [6.45, 7) is 3.77. The third kappa shape index (κ3) is 14.6. The van der Waals surface area contributed by atoms with Crippen LogP contribution in [0.15, 0.2) is 169 Å². The number of benzene rings is 4. The molecule has 0 radical (unpaired) electrons. The first-order chi connectivity index (χ1) is 43.4. The number of H-pyrrole nitrogens is 2. The Morgan fingerprint density at radius 1 is 0.517 bits per heavy atom. The molecule has 0 bridgehead atoms. The van der Waals surface area contributed by atoms with Crippen molar-refractivity contribution >= 4 is 46.3 Å². The van der Waals surface area contributed by atoms with Gasteiger partial charge in [0.15, 0.2) is 11.6 Å². The van der Waals surface area contributed by atoms with Crippen LogP contribution < -0.4 is 5.32 Å². The molecule has 3 N–H and O–H groups in total. The minimum absolute atomic E-state index is 0.0355. The number of imidazole rings is 2. The van der Waals surface area contributed by atoms with Gasteiger partial charge in [-0.2, -0.15) is 0 Å². The number of carbonyl (C=O) groups is 4. The van der Waals surface area contributed by atoms with Gasteiger partial charge in [-0.3, -0.25) is 29.2 Å². The van der Waals surface area contributed by atoms with Gasteiger partial charge in [0.25, 0.3) is 0 Å². The molecule has 4 aromatic heterocycles. The van der Waals surface area contributed by atoms with E-state index in [1.54, 1.807) is 24.3 Å². The molecule has 6 heterocycles. The maximum absolute atomic E-state index is 13.6. The molecule has 89 heavy (non-hydrogen) atoms. The summed E-state index contributed by atoms with van der Waals surface area (Å²) in [5.41, 5.74) is 14.0. The molecular weight excluding hydrogens is 1120 g/mol. The number of esters is 2. The number of amides is 2. The van der Waals surface area contributed by atoms with E-state index in [0.717, 1.165) is 68.7 Å². The second-order valence-electron chi connectivity index (χ2n) is 23.3. The predicted octanol–water partition coefficient (Wildman–Crippen LogP) is 13.2. The minimum atomic E-state index is -0.665. The Bertz CT molecular complexity index is 3880. The highest BCUT2D eigenvalue weighted by Crippen LogP contribution is 2.36. The van der Waals surface area contributed by atoms with Gasteiger partial charge in [-0.05, 0) is 84.8 Å². The molecule has 4 aliphatic rings. The van der Waals surface area contributed by atoms with E-state index < -0.39 is 29.8 Å². The molecule has 454 valence electrons. The minimum Gasteiger partial charge on any atom is -0.469 e. The Balaban J connectivity index is 0.000000184. The molecule has 2 fully saturated rings. The van der Waals surface area contributed by atoms with Crippen LogP contribution in [0.2, 0.25) is 0 Å². The van der Waals surface area contributed by atoms with Crippen LogP contribution in [0, 0.1) is 11.8 Å². The molecule has 18 nitrogen and oxygen atoms in total. The van der Waals surface area contributed by atoms with Crippen molar-refractivity contribution in [3.8, 4) is 45.3 Å². The third-order valence-electron chi connectivity index (χ3n) is 17.6. The van der Waals surface area contributed by atoms with E-state index in [1.807, 2.05) is 160 Å². The fourth-order valence-corrected chi connectivity index (χ4v) is 12.1. The van der Waals surface area contributed by atoms with Crippen LogP contribution in [0.3, 0.4) is 0 Å². The lowest BCUT2D eigenvalue weighted by Crippen LogP contribution is -2.35. The smallest absolute Gasteiger partial charge is 0.306 e. The number of allylic oxidation sites excluding steroid dienone is 2. The zero-order valence-corrected chi connectivity index (χ0v) is 50.9. The van der Waals surface area contributed by atoms with Crippen molar-refractivity contribution in [1.82, 2.24) is 50.1 Å². The largest absolute Gasteiger partial charge is 0.469 e. The van der Waals surface area contributed by atoms with Crippen molar-refractivity contribution in [3.63, 3.8) is 0 Å². The van der Waals surface area contributed by atoms with Gasteiger partial charge in [0.05, 0.1) is 74.8 Å². The molecule has 2 saturated carbocycles. The van der Waals surface area contributed by atoms with E-state index in [2.05, 4.69) is 45.2 Å². The van der Waals surface area contributed by atoms with Crippen LogP contribution in [0.1, 0.15) is 149 Å². The summed E-state index contributed by atoms with van der Waals surface area (Å²) in [7, 11) is 4.38. The average molecular weight is 1190 g/mol. The molecule has 0 unspecified atom stereocenters. The molecule has 4 atom stereocenters. The van der Waals surface area contributed by atoms with E-state index in [0.29, 0.717) is 35.1 Å². The number of methoxy groups -OCH3 is 2. The molecule has 4 aromatic carbocycles. The second kappa shape index (κ2) is 28.3. The van der Waals surface area contributed by atoms with E-state index in [-0.39, 0.29) is 30.7 Å². The number of aromatic nitrogens is 8. The monoisotopic (exact) mass is 1190 g/mol. The summed E-state index contributed by atoms with van der Waals surface area (Å²) in [6, 6.07) is 33.8. The maximum Gasteiger partial charge on any atom is 0.306 e. The van der Waals surface area contributed by atoms with Crippen LogP contribution in [0.25, 0.3) is 56.4 Å². The lowest BCUT2D eigenvalue weighted by Gasteiger charge is -2.28. The summed E-state index contributed by atoms with van der Waals surface area (Å²) in [5.74, 6) is 1.23. The van der Waals surface area contributed by atoms with E-state index in [1.165, 1.54) is 88.2 Å². The predicted molar refractivity (Wildman–Crippen MR) is 343 cm³/mol. The van der Waals surface area contributed by atoms with Crippen LogP contribution in [0.5, 0.6) is 0 Å². The normalized spacial score (nSPS) is 16.2. The second-order valence-corrected chi connectivity index (χ2v) is 23.3. The molecule has 12 rings (SSSR count). The number of rotatable bonds is 20. The first-order valence-electron chi connectivity index (χ1n) is 30.7. The lowest BCUT2D eigenvalue weighted by molar-refractivity contribution is -0.145. The van der Waals surface area contributed by atoms with Gasteiger partial charge >= 0.3 is 11.9 Å². The van der Waals surface area contributed by atoms with Crippen molar-refractivity contribution in [3.05, 3.63) is 193 Å². The number of hydrogen-bond donors (Lipinski definition) is 3. The van der Waals surface area contributed by atoms with Crippen LogP contribution in [-0.2, 0) is 28.7 Å². The number of nitrogens with one attached hydrogen (secondary N) is 3. The molecule has 2 aliphatic heterocycles. The van der Waals surface area contributed by atoms with Crippen molar-refractivity contribution in [2.45, 2.75) is 115 Å². The summed E-state index contributed by atoms with van der Waals surface area (Å²) >= 11 is 0.